The molecule has 0 radical (unpaired) electrons. The molecule has 0 saturated carbocycles. The highest BCUT2D eigenvalue weighted by Gasteiger charge is 2.34. The number of aromatic nitrogens is 2. The number of carbonyl (C=O) groups excluding carboxylic acids is 1. The van der Waals surface area contributed by atoms with Crippen LogP contribution in [-0.4, -0.2) is 34.0 Å². The van der Waals surface area contributed by atoms with Gasteiger partial charge in [-0.05, 0) is 37.1 Å². The minimum Gasteiger partial charge on any atom is -0.339 e. The van der Waals surface area contributed by atoms with E-state index in [2.05, 4.69) is 10.1 Å². The van der Waals surface area contributed by atoms with Crippen molar-refractivity contribution in [3.8, 4) is 11.4 Å². The van der Waals surface area contributed by atoms with E-state index in [0.717, 1.165) is 4.90 Å². The van der Waals surface area contributed by atoms with Crippen molar-refractivity contribution in [1.82, 2.24) is 15.0 Å². The molecule has 0 atom stereocenters. The number of hydrogen-bond acceptors (Lipinski definition) is 4. The predicted octanol–water partition coefficient (Wildman–Crippen LogP) is 5.11. The Morgan fingerprint density at radius 2 is 1.48 bits per heavy atom. The molecule has 1 saturated heterocycles. The lowest BCUT2D eigenvalue weighted by Crippen LogP contribution is -2.39. The molecule has 0 N–H and O–H groups in total. The third-order valence-corrected chi connectivity index (χ3v) is 5.35. The molecule has 1 aliphatic heterocycles. The number of piperidine rings is 1. The lowest BCUT2D eigenvalue weighted by atomic mass is 9.96. The van der Waals surface area contributed by atoms with Gasteiger partial charge in [0.15, 0.2) is 23.3 Å². The summed E-state index contributed by atoms with van der Waals surface area (Å²) in [5.74, 6) is -11.7. The van der Waals surface area contributed by atoms with Gasteiger partial charge in [-0.1, -0.05) is 16.8 Å². The normalized spacial score (nSPS) is 14.8. The van der Waals surface area contributed by atoms with Gasteiger partial charge >= 0.3 is 0 Å². The minimum absolute atomic E-state index is 0.0155. The maximum Gasteiger partial charge on any atom is 0.260 e. The molecule has 1 amide bonds. The van der Waals surface area contributed by atoms with Crippen LogP contribution in [0.4, 0.5) is 22.0 Å². The Morgan fingerprint density at radius 3 is 2.06 bits per heavy atom. The summed E-state index contributed by atoms with van der Waals surface area (Å²) in [7, 11) is 0. The Balaban J connectivity index is 1.47. The van der Waals surface area contributed by atoms with Crippen LogP contribution in [0.3, 0.4) is 0 Å². The first-order chi connectivity index (χ1) is 14.8. The molecule has 1 fully saturated rings. The summed E-state index contributed by atoms with van der Waals surface area (Å²) in [5.41, 5.74) is -0.768. The smallest absolute Gasteiger partial charge is 0.260 e. The number of hydrogen-bond donors (Lipinski definition) is 0. The van der Waals surface area contributed by atoms with Gasteiger partial charge in [0.25, 0.3) is 5.91 Å². The van der Waals surface area contributed by atoms with Crippen molar-refractivity contribution in [3.63, 3.8) is 0 Å². The van der Waals surface area contributed by atoms with Crippen LogP contribution < -0.4 is 0 Å². The summed E-state index contributed by atoms with van der Waals surface area (Å²) in [4.78, 5) is 17.8. The molecule has 4 rings (SSSR count). The molecular formula is C20H13ClF5N3O2. The van der Waals surface area contributed by atoms with E-state index in [-0.39, 0.29) is 19.0 Å². The number of amides is 1. The van der Waals surface area contributed by atoms with Crippen LogP contribution in [0.2, 0.25) is 5.02 Å². The second kappa shape index (κ2) is 8.26. The van der Waals surface area contributed by atoms with Gasteiger partial charge in [-0.2, -0.15) is 4.98 Å². The summed E-state index contributed by atoms with van der Waals surface area (Å²) in [6.45, 7) is 0.0311. The number of rotatable bonds is 3. The second-order valence-electron chi connectivity index (χ2n) is 6.97. The zero-order valence-electron chi connectivity index (χ0n) is 15.6. The van der Waals surface area contributed by atoms with Crippen LogP contribution >= 0.6 is 11.6 Å². The van der Waals surface area contributed by atoms with E-state index in [1.54, 1.807) is 24.3 Å². The Hall–Kier alpha value is -3.01. The van der Waals surface area contributed by atoms with Crippen LogP contribution in [0.15, 0.2) is 28.8 Å². The average Bonchev–Trinajstić information content (AvgIpc) is 3.27. The molecule has 0 bridgehead atoms. The quantitative estimate of drug-likeness (QED) is 0.312. The number of halogens is 6. The number of benzene rings is 2. The topological polar surface area (TPSA) is 59.2 Å². The molecule has 1 aliphatic rings. The van der Waals surface area contributed by atoms with Crippen molar-refractivity contribution in [1.29, 1.82) is 0 Å². The van der Waals surface area contributed by atoms with Crippen LogP contribution in [0, 0.1) is 29.1 Å². The lowest BCUT2D eigenvalue weighted by Gasteiger charge is -2.30. The molecule has 3 aromatic rings. The van der Waals surface area contributed by atoms with E-state index >= 15 is 0 Å². The van der Waals surface area contributed by atoms with Gasteiger partial charge < -0.3 is 9.42 Å². The van der Waals surface area contributed by atoms with Crippen LogP contribution in [0.1, 0.15) is 35.0 Å². The summed E-state index contributed by atoms with van der Waals surface area (Å²) in [6, 6.07) is 6.80. The average molecular weight is 458 g/mol. The van der Waals surface area contributed by atoms with Gasteiger partial charge in [-0.15, -0.1) is 0 Å². The first-order valence-corrected chi connectivity index (χ1v) is 9.56. The maximum atomic E-state index is 13.9. The molecule has 2 heterocycles. The van der Waals surface area contributed by atoms with E-state index < -0.39 is 40.6 Å². The fourth-order valence-electron chi connectivity index (χ4n) is 3.40. The van der Waals surface area contributed by atoms with Gasteiger partial charge in [0.1, 0.15) is 5.56 Å². The summed E-state index contributed by atoms with van der Waals surface area (Å²) in [5, 5.41) is 4.47. The van der Waals surface area contributed by atoms with Crippen molar-refractivity contribution < 1.29 is 31.3 Å². The van der Waals surface area contributed by atoms with Gasteiger partial charge in [-0.25, -0.2) is 22.0 Å². The van der Waals surface area contributed by atoms with Crippen molar-refractivity contribution in [3.05, 3.63) is 69.8 Å². The third-order valence-electron chi connectivity index (χ3n) is 5.10. The van der Waals surface area contributed by atoms with Crippen molar-refractivity contribution >= 4 is 17.5 Å². The Labute approximate surface area is 177 Å². The maximum absolute atomic E-state index is 13.9. The summed E-state index contributed by atoms with van der Waals surface area (Å²) >= 11 is 5.85. The summed E-state index contributed by atoms with van der Waals surface area (Å²) in [6.07, 6.45) is 0.618. The van der Waals surface area contributed by atoms with Gasteiger partial charge in [-0.3, -0.25) is 4.79 Å². The molecule has 2 aromatic carbocycles. The molecule has 1 aromatic heterocycles. The largest absolute Gasteiger partial charge is 0.339 e. The van der Waals surface area contributed by atoms with E-state index in [4.69, 9.17) is 16.1 Å². The molecular weight excluding hydrogens is 445 g/mol. The highest BCUT2D eigenvalue weighted by molar-refractivity contribution is 6.30. The van der Waals surface area contributed by atoms with Gasteiger partial charge in [0, 0.05) is 29.6 Å². The van der Waals surface area contributed by atoms with Gasteiger partial charge in [0.05, 0.1) is 0 Å². The highest BCUT2D eigenvalue weighted by Crippen LogP contribution is 2.31. The molecule has 0 spiro atoms. The summed E-state index contributed by atoms with van der Waals surface area (Å²) < 4.78 is 73.2. The third kappa shape index (κ3) is 3.87. The fourth-order valence-corrected chi connectivity index (χ4v) is 3.52. The molecule has 0 unspecified atom stereocenters. The second-order valence-corrected chi connectivity index (χ2v) is 7.41. The van der Waals surface area contributed by atoms with E-state index in [1.807, 2.05) is 0 Å². The number of nitrogens with zero attached hydrogens (tertiary/aromatic N) is 3. The molecule has 162 valence electrons. The Kier molecular flexibility index (Phi) is 5.65. The van der Waals surface area contributed by atoms with Crippen molar-refractivity contribution in [2.45, 2.75) is 18.8 Å². The zero-order valence-corrected chi connectivity index (χ0v) is 16.4. The van der Waals surface area contributed by atoms with Crippen molar-refractivity contribution in [2.75, 3.05) is 13.1 Å². The van der Waals surface area contributed by atoms with E-state index in [0.29, 0.717) is 35.1 Å². The Bertz CT molecular complexity index is 1120. The molecule has 0 aliphatic carbocycles. The fraction of sp³-hybridized carbons (Fsp3) is 0.250. The first kappa shape index (κ1) is 21.2. The predicted molar refractivity (Wildman–Crippen MR) is 98.9 cm³/mol. The SMILES string of the molecule is O=C(c1c(F)c(F)c(F)c(F)c1F)N1CCC(c2nc(-c3ccc(Cl)cc3)no2)CC1. The molecule has 11 heteroatoms. The monoisotopic (exact) mass is 457 g/mol. The van der Waals surface area contributed by atoms with Crippen LogP contribution in [0.25, 0.3) is 11.4 Å². The molecule has 5 nitrogen and oxygen atoms in total. The van der Waals surface area contributed by atoms with Crippen LogP contribution in [0.5, 0.6) is 0 Å². The van der Waals surface area contributed by atoms with Crippen molar-refractivity contribution in [2.24, 2.45) is 0 Å². The number of likely N-dealkylation sites (tertiary alicyclic amines) is 1. The van der Waals surface area contributed by atoms with Crippen LogP contribution in [-0.2, 0) is 0 Å². The number of carbonyl (C=O) groups is 1. The zero-order chi connectivity index (χ0) is 22.3. The minimum atomic E-state index is -2.31. The highest BCUT2D eigenvalue weighted by atomic mass is 35.5. The van der Waals surface area contributed by atoms with E-state index in [1.165, 1.54) is 0 Å². The molecule has 31 heavy (non-hydrogen) atoms. The first-order valence-electron chi connectivity index (χ1n) is 9.18. The van der Waals surface area contributed by atoms with Gasteiger partial charge in [0.2, 0.25) is 17.5 Å². The standard InChI is InChI=1S/C20H13ClF5N3O2/c21-11-3-1-9(2-4-11)18-27-19(31-28-18)10-5-7-29(8-6-10)20(30)12-13(22)15(24)17(26)16(25)14(12)23/h1-4,10H,5-8H2. The van der Waals surface area contributed by atoms with E-state index in [9.17, 15) is 26.7 Å². The lowest BCUT2D eigenvalue weighted by molar-refractivity contribution is 0.0691. The Morgan fingerprint density at radius 1 is 0.935 bits per heavy atom.